The molecule has 2 unspecified atom stereocenters. The maximum absolute atomic E-state index is 10.8. The molecule has 0 radical (unpaired) electrons. The van der Waals surface area contributed by atoms with Gasteiger partial charge in [0.25, 0.3) is 5.69 Å². The van der Waals surface area contributed by atoms with Gasteiger partial charge in [-0.05, 0) is 24.5 Å². The number of hydrogen-bond acceptors (Lipinski definition) is 4. The summed E-state index contributed by atoms with van der Waals surface area (Å²) in [5.74, 6) is 0. The van der Waals surface area contributed by atoms with Crippen LogP contribution in [0.2, 0.25) is 5.02 Å². The monoisotopic (exact) mass is 295 g/mol. The number of fused-ring (bicyclic) bond motifs is 2. The van der Waals surface area contributed by atoms with Crippen LogP contribution < -0.4 is 5.32 Å². The van der Waals surface area contributed by atoms with Gasteiger partial charge in [0.15, 0.2) is 0 Å². The normalized spacial score (nSPS) is 26.4. The van der Waals surface area contributed by atoms with Gasteiger partial charge in [-0.25, -0.2) is 0 Å². The van der Waals surface area contributed by atoms with E-state index in [1.807, 2.05) is 6.07 Å². The molecule has 6 heteroatoms. The van der Waals surface area contributed by atoms with Crippen LogP contribution in [0, 0.1) is 10.1 Å². The summed E-state index contributed by atoms with van der Waals surface area (Å²) in [6, 6.07) is 6.21. The number of halogens is 1. The van der Waals surface area contributed by atoms with E-state index >= 15 is 0 Å². The highest BCUT2D eigenvalue weighted by Gasteiger charge is 2.29. The SMILES string of the molecule is O=[N+]([O-])c1ccc(CN2CC3CCCC(C2)N3)cc1Cl. The van der Waals surface area contributed by atoms with Crippen molar-refractivity contribution in [1.29, 1.82) is 0 Å². The lowest BCUT2D eigenvalue weighted by Crippen LogP contribution is -2.58. The Morgan fingerprint density at radius 3 is 2.65 bits per heavy atom. The van der Waals surface area contributed by atoms with Gasteiger partial charge in [-0.1, -0.05) is 24.1 Å². The number of likely N-dealkylation sites (tertiary alicyclic amines) is 1. The van der Waals surface area contributed by atoms with Crippen LogP contribution in [0.25, 0.3) is 0 Å². The van der Waals surface area contributed by atoms with Gasteiger partial charge in [0, 0.05) is 37.8 Å². The quantitative estimate of drug-likeness (QED) is 0.688. The molecule has 1 aromatic carbocycles. The van der Waals surface area contributed by atoms with Crippen molar-refractivity contribution in [3.05, 3.63) is 38.9 Å². The van der Waals surface area contributed by atoms with Crippen molar-refractivity contribution in [2.75, 3.05) is 13.1 Å². The fourth-order valence-electron chi connectivity index (χ4n) is 3.28. The van der Waals surface area contributed by atoms with E-state index in [1.165, 1.54) is 25.3 Å². The predicted molar refractivity (Wildman–Crippen MR) is 77.9 cm³/mol. The fraction of sp³-hybridized carbons (Fsp3) is 0.571. The number of nitrogens with zero attached hydrogens (tertiary/aromatic N) is 2. The van der Waals surface area contributed by atoms with E-state index in [2.05, 4.69) is 10.2 Å². The third-order valence-electron chi connectivity index (χ3n) is 4.15. The molecule has 0 saturated carbocycles. The molecular weight excluding hydrogens is 278 g/mol. The number of nitrogens with one attached hydrogen (secondary N) is 1. The molecular formula is C14H18ClN3O2. The average Bonchev–Trinajstić information content (AvgIpc) is 2.37. The molecule has 3 rings (SSSR count). The third kappa shape index (κ3) is 2.95. The second kappa shape index (κ2) is 5.68. The number of nitro groups is 1. The first-order valence-electron chi connectivity index (χ1n) is 7.03. The second-order valence-electron chi connectivity index (χ2n) is 5.73. The first-order valence-corrected chi connectivity index (χ1v) is 7.41. The molecule has 108 valence electrons. The van der Waals surface area contributed by atoms with Gasteiger partial charge in [0.05, 0.1) is 4.92 Å². The molecule has 2 saturated heterocycles. The van der Waals surface area contributed by atoms with Crippen LogP contribution in [0.3, 0.4) is 0 Å². The minimum Gasteiger partial charge on any atom is -0.309 e. The minimum atomic E-state index is -0.443. The first kappa shape index (κ1) is 13.8. The first-order chi connectivity index (χ1) is 9.61. The number of benzene rings is 1. The number of hydrogen-bond donors (Lipinski definition) is 1. The van der Waals surface area contributed by atoms with Crippen LogP contribution in [0.4, 0.5) is 5.69 Å². The van der Waals surface area contributed by atoms with Gasteiger partial charge in [0.1, 0.15) is 5.02 Å². The van der Waals surface area contributed by atoms with Crippen LogP contribution in [-0.2, 0) is 6.54 Å². The topological polar surface area (TPSA) is 58.4 Å². The summed E-state index contributed by atoms with van der Waals surface area (Å²) < 4.78 is 0. The number of piperidine rings is 1. The maximum Gasteiger partial charge on any atom is 0.287 e. The highest BCUT2D eigenvalue weighted by atomic mass is 35.5. The van der Waals surface area contributed by atoms with E-state index in [-0.39, 0.29) is 10.7 Å². The molecule has 2 fully saturated rings. The van der Waals surface area contributed by atoms with Crippen LogP contribution in [0.1, 0.15) is 24.8 Å². The van der Waals surface area contributed by atoms with Gasteiger partial charge in [-0.2, -0.15) is 0 Å². The molecule has 5 nitrogen and oxygen atoms in total. The van der Waals surface area contributed by atoms with Gasteiger partial charge >= 0.3 is 0 Å². The summed E-state index contributed by atoms with van der Waals surface area (Å²) in [6.45, 7) is 2.91. The molecule has 2 atom stereocenters. The Bertz CT molecular complexity index is 511. The third-order valence-corrected chi connectivity index (χ3v) is 4.45. The van der Waals surface area contributed by atoms with Crippen molar-refractivity contribution in [3.63, 3.8) is 0 Å². The van der Waals surface area contributed by atoms with Gasteiger partial charge in [-0.15, -0.1) is 0 Å². The molecule has 0 spiro atoms. The average molecular weight is 296 g/mol. The molecule has 0 aromatic heterocycles. The Balaban J connectivity index is 1.68. The summed E-state index contributed by atoms with van der Waals surface area (Å²) in [5, 5.41) is 14.6. The smallest absolute Gasteiger partial charge is 0.287 e. The summed E-state index contributed by atoms with van der Waals surface area (Å²) in [4.78, 5) is 12.7. The summed E-state index contributed by atoms with van der Waals surface area (Å²) in [6.07, 6.45) is 3.81. The molecule has 2 aliphatic rings. The van der Waals surface area contributed by atoms with Crippen molar-refractivity contribution in [2.24, 2.45) is 0 Å². The zero-order chi connectivity index (χ0) is 14.1. The highest BCUT2D eigenvalue weighted by Crippen LogP contribution is 2.26. The Labute approximate surface area is 123 Å². The molecule has 20 heavy (non-hydrogen) atoms. The Kier molecular flexibility index (Phi) is 3.92. The molecule has 2 aliphatic heterocycles. The van der Waals surface area contributed by atoms with Crippen molar-refractivity contribution in [2.45, 2.75) is 37.9 Å². The summed E-state index contributed by atoms with van der Waals surface area (Å²) >= 11 is 5.97. The molecule has 2 bridgehead atoms. The largest absolute Gasteiger partial charge is 0.309 e. The van der Waals surface area contributed by atoms with Crippen LogP contribution in [0.5, 0.6) is 0 Å². The van der Waals surface area contributed by atoms with E-state index in [0.717, 1.165) is 25.2 Å². The van der Waals surface area contributed by atoms with Crippen molar-refractivity contribution < 1.29 is 4.92 Å². The zero-order valence-corrected chi connectivity index (χ0v) is 12.0. The minimum absolute atomic E-state index is 0.0207. The standard InChI is InChI=1S/C14H18ClN3O2/c15-13-6-10(4-5-14(13)18(19)20)7-17-8-11-2-1-3-12(9-17)16-11/h4-6,11-12,16H,1-3,7-9H2. The number of piperazine rings is 1. The van der Waals surface area contributed by atoms with E-state index in [4.69, 9.17) is 11.6 Å². The lowest BCUT2D eigenvalue weighted by molar-refractivity contribution is -0.384. The number of nitro benzene ring substituents is 1. The zero-order valence-electron chi connectivity index (χ0n) is 11.2. The summed E-state index contributed by atoms with van der Waals surface area (Å²) in [5.41, 5.74) is 1.02. The van der Waals surface area contributed by atoms with E-state index in [9.17, 15) is 10.1 Å². The van der Waals surface area contributed by atoms with Crippen molar-refractivity contribution in [1.82, 2.24) is 10.2 Å². The fourth-order valence-corrected chi connectivity index (χ4v) is 3.55. The lowest BCUT2D eigenvalue weighted by Gasteiger charge is -2.42. The van der Waals surface area contributed by atoms with Crippen LogP contribution in [-0.4, -0.2) is 35.0 Å². The van der Waals surface area contributed by atoms with Crippen LogP contribution in [0.15, 0.2) is 18.2 Å². The second-order valence-corrected chi connectivity index (χ2v) is 6.14. The maximum atomic E-state index is 10.8. The van der Waals surface area contributed by atoms with Gasteiger partial charge in [-0.3, -0.25) is 15.0 Å². The predicted octanol–water partition coefficient (Wildman–Crippen LogP) is 2.57. The Hall–Kier alpha value is -1.17. The molecule has 2 heterocycles. The van der Waals surface area contributed by atoms with Crippen molar-refractivity contribution in [3.8, 4) is 0 Å². The summed E-state index contributed by atoms with van der Waals surface area (Å²) in [7, 11) is 0. The van der Waals surface area contributed by atoms with E-state index in [1.54, 1.807) is 6.07 Å². The van der Waals surface area contributed by atoms with Crippen LogP contribution >= 0.6 is 11.6 Å². The van der Waals surface area contributed by atoms with Gasteiger partial charge in [0.2, 0.25) is 0 Å². The van der Waals surface area contributed by atoms with E-state index in [0.29, 0.717) is 12.1 Å². The Morgan fingerprint density at radius 2 is 2.05 bits per heavy atom. The lowest BCUT2D eigenvalue weighted by atomic mass is 9.94. The number of rotatable bonds is 3. The van der Waals surface area contributed by atoms with Gasteiger partial charge < -0.3 is 5.32 Å². The Morgan fingerprint density at radius 1 is 1.35 bits per heavy atom. The van der Waals surface area contributed by atoms with E-state index < -0.39 is 4.92 Å². The molecule has 0 amide bonds. The molecule has 1 N–H and O–H groups in total. The van der Waals surface area contributed by atoms with Crippen molar-refractivity contribution >= 4 is 17.3 Å². The highest BCUT2D eigenvalue weighted by molar-refractivity contribution is 6.32. The molecule has 1 aromatic rings. The molecule has 0 aliphatic carbocycles.